The number of nitrogens with one attached hydrogen (secondary N) is 1. The van der Waals surface area contributed by atoms with Crippen LogP contribution in [0, 0.1) is 0 Å². The molecule has 22 heavy (non-hydrogen) atoms. The van der Waals surface area contributed by atoms with Gasteiger partial charge in [-0.25, -0.2) is 8.42 Å². The predicted molar refractivity (Wildman–Crippen MR) is 87.4 cm³/mol. The molecular weight excluding hydrogens is 322 g/mol. The summed E-state index contributed by atoms with van der Waals surface area (Å²) in [6, 6.07) is 3.15. The molecule has 2 rings (SSSR count). The topological polar surface area (TPSA) is 69.7 Å². The zero-order valence-electron chi connectivity index (χ0n) is 13.0. The number of hydrogen-bond acceptors (Lipinski definition) is 5. The normalized spacial score (nSPS) is 19.0. The first kappa shape index (κ1) is 17.4. The van der Waals surface area contributed by atoms with Crippen LogP contribution in [-0.4, -0.2) is 62.3 Å². The summed E-state index contributed by atoms with van der Waals surface area (Å²) in [4.78, 5) is 14.0. The number of hydrogen-bond donors (Lipinski definition) is 1. The third-order valence-electron chi connectivity index (χ3n) is 3.84. The Morgan fingerprint density at radius 1 is 1.36 bits per heavy atom. The highest BCUT2D eigenvalue weighted by molar-refractivity contribution is 7.91. The molecule has 0 aromatic carbocycles. The van der Waals surface area contributed by atoms with Gasteiger partial charge in [0.25, 0.3) is 10.0 Å². The van der Waals surface area contributed by atoms with E-state index in [9.17, 15) is 13.2 Å². The summed E-state index contributed by atoms with van der Waals surface area (Å²) in [5.41, 5.74) is 0. The molecule has 8 heteroatoms. The highest BCUT2D eigenvalue weighted by atomic mass is 32.2. The second kappa shape index (κ2) is 7.54. The lowest BCUT2D eigenvalue weighted by molar-refractivity contribution is -0.126. The van der Waals surface area contributed by atoms with Crippen molar-refractivity contribution in [2.24, 2.45) is 0 Å². The van der Waals surface area contributed by atoms with Crippen molar-refractivity contribution in [1.29, 1.82) is 0 Å². The van der Waals surface area contributed by atoms with Crippen LogP contribution in [0.25, 0.3) is 0 Å². The van der Waals surface area contributed by atoms with Crippen molar-refractivity contribution in [3.8, 4) is 0 Å². The molecule has 0 saturated carbocycles. The van der Waals surface area contributed by atoms with Gasteiger partial charge in [-0.3, -0.25) is 9.69 Å². The second-order valence-corrected chi connectivity index (χ2v) is 8.45. The molecule has 0 aliphatic carbocycles. The molecule has 124 valence electrons. The largest absolute Gasteiger partial charge is 0.355 e. The highest BCUT2D eigenvalue weighted by Gasteiger charge is 2.32. The Balaban J connectivity index is 1.92. The molecule has 1 saturated heterocycles. The summed E-state index contributed by atoms with van der Waals surface area (Å²) in [7, 11) is -3.38. The molecule has 1 aromatic heterocycles. The number of carbonyl (C=O) groups excluding carboxylic acids is 1. The third-order valence-corrected chi connectivity index (χ3v) is 7.11. The van der Waals surface area contributed by atoms with Crippen LogP contribution < -0.4 is 5.32 Å². The zero-order chi connectivity index (χ0) is 16.2. The van der Waals surface area contributed by atoms with Gasteiger partial charge in [0, 0.05) is 32.7 Å². The quantitative estimate of drug-likeness (QED) is 0.834. The van der Waals surface area contributed by atoms with E-state index in [4.69, 9.17) is 0 Å². The van der Waals surface area contributed by atoms with Gasteiger partial charge >= 0.3 is 0 Å². The van der Waals surface area contributed by atoms with E-state index in [1.54, 1.807) is 17.5 Å². The fraction of sp³-hybridized carbons (Fsp3) is 0.643. The molecule has 1 amide bonds. The Bertz CT molecular complexity index is 578. The first-order valence-electron chi connectivity index (χ1n) is 7.52. The van der Waals surface area contributed by atoms with Crippen molar-refractivity contribution >= 4 is 27.3 Å². The number of sulfonamides is 1. The number of nitrogens with zero attached hydrogens (tertiary/aromatic N) is 2. The Kier molecular flexibility index (Phi) is 5.96. The lowest BCUT2D eigenvalue weighted by Gasteiger charge is -2.36. The molecule has 1 atom stereocenters. The summed E-state index contributed by atoms with van der Waals surface area (Å²) in [6.07, 6.45) is 0.908. The molecular formula is C14H23N3O3S2. The Hall–Kier alpha value is -0.960. The van der Waals surface area contributed by atoms with Crippen molar-refractivity contribution in [1.82, 2.24) is 14.5 Å². The van der Waals surface area contributed by atoms with E-state index in [2.05, 4.69) is 5.32 Å². The van der Waals surface area contributed by atoms with Gasteiger partial charge in [-0.05, 0) is 24.8 Å². The van der Waals surface area contributed by atoms with Crippen LogP contribution in [0.1, 0.15) is 20.3 Å². The fourth-order valence-electron chi connectivity index (χ4n) is 2.43. The number of amides is 1. The van der Waals surface area contributed by atoms with Crippen molar-refractivity contribution in [2.75, 3.05) is 32.7 Å². The first-order valence-corrected chi connectivity index (χ1v) is 9.84. The minimum Gasteiger partial charge on any atom is -0.355 e. The predicted octanol–water partition coefficient (Wildman–Crippen LogP) is 0.969. The van der Waals surface area contributed by atoms with Crippen LogP contribution in [0.5, 0.6) is 0 Å². The van der Waals surface area contributed by atoms with Gasteiger partial charge in [0.15, 0.2) is 0 Å². The maximum atomic E-state index is 12.4. The lowest BCUT2D eigenvalue weighted by Crippen LogP contribution is -2.54. The summed E-state index contributed by atoms with van der Waals surface area (Å²) in [5.74, 6) is 0.0106. The Labute approximate surface area is 136 Å². The van der Waals surface area contributed by atoms with E-state index in [0.29, 0.717) is 36.9 Å². The van der Waals surface area contributed by atoms with Gasteiger partial charge in [-0.2, -0.15) is 4.31 Å². The van der Waals surface area contributed by atoms with Crippen LogP contribution in [0.4, 0.5) is 0 Å². The van der Waals surface area contributed by atoms with E-state index in [-0.39, 0.29) is 11.9 Å². The zero-order valence-corrected chi connectivity index (χ0v) is 14.6. The van der Waals surface area contributed by atoms with E-state index < -0.39 is 10.0 Å². The molecule has 1 N–H and O–H groups in total. The number of rotatable bonds is 6. The highest BCUT2D eigenvalue weighted by Crippen LogP contribution is 2.22. The molecule has 1 aliphatic heterocycles. The Morgan fingerprint density at radius 2 is 2.05 bits per heavy atom. The fourth-order valence-corrected chi connectivity index (χ4v) is 5.00. The minimum absolute atomic E-state index is 0.0106. The molecule has 0 unspecified atom stereocenters. The summed E-state index contributed by atoms with van der Waals surface area (Å²) < 4.78 is 26.8. The van der Waals surface area contributed by atoms with E-state index in [0.717, 1.165) is 6.42 Å². The molecule has 1 aromatic rings. The van der Waals surface area contributed by atoms with Crippen LogP contribution in [-0.2, 0) is 14.8 Å². The van der Waals surface area contributed by atoms with Gasteiger partial charge in [0.05, 0.1) is 6.04 Å². The second-order valence-electron chi connectivity index (χ2n) is 5.34. The van der Waals surface area contributed by atoms with Crippen molar-refractivity contribution in [3.63, 3.8) is 0 Å². The van der Waals surface area contributed by atoms with Crippen molar-refractivity contribution in [2.45, 2.75) is 30.5 Å². The maximum absolute atomic E-state index is 12.4. The molecule has 6 nitrogen and oxygen atoms in total. The number of carbonyl (C=O) groups is 1. The van der Waals surface area contributed by atoms with Crippen LogP contribution >= 0.6 is 11.3 Å². The van der Waals surface area contributed by atoms with Crippen LogP contribution in [0.15, 0.2) is 21.7 Å². The van der Waals surface area contributed by atoms with E-state index >= 15 is 0 Å². The monoisotopic (exact) mass is 345 g/mol. The smallest absolute Gasteiger partial charge is 0.252 e. The molecule has 1 fully saturated rings. The van der Waals surface area contributed by atoms with Crippen LogP contribution in [0.3, 0.4) is 0 Å². The molecule has 0 bridgehead atoms. The number of thiophene rings is 1. The number of piperazine rings is 1. The van der Waals surface area contributed by atoms with Gasteiger partial charge in [-0.1, -0.05) is 13.0 Å². The van der Waals surface area contributed by atoms with E-state index in [1.807, 2.05) is 18.7 Å². The molecule has 1 aliphatic rings. The summed E-state index contributed by atoms with van der Waals surface area (Å²) in [6.45, 7) is 6.55. The standard InChI is InChI=1S/C14H23N3O3S2/c1-3-6-15-14(18)12(2)16-7-9-17(10-8-16)22(19,20)13-5-4-11-21-13/h4-5,11-12H,3,6-10H2,1-2H3,(H,15,18)/t12-/m1/s1. The van der Waals surface area contributed by atoms with Crippen LogP contribution in [0.2, 0.25) is 0 Å². The van der Waals surface area contributed by atoms with Gasteiger partial charge in [-0.15, -0.1) is 11.3 Å². The van der Waals surface area contributed by atoms with Gasteiger partial charge < -0.3 is 5.32 Å². The minimum atomic E-state index is -3.38. The van der Waals surface area contributed by atoms with Gasteiger partial charge in [0.2, 0.25) is 5.91 Å². The molecule has 2 heterocycles. The summed E-state index contributed by atoms with van der Waals surface area (Å²) in [5, 5.41) is 4.65. The average molecular weight is 345 g/mol. The van der Waals surface area contributed by atoms with Gasteiger partial charge in [0.1, 0.15) is 4.21 Å². The average Bonchev–Trinajstić information content (AvgIpc) is 3.07. The SMILES string of the molecule is CCCNC(=O)[C@@H](C)N1CCN(S(=O)(=O)c2cccs2)CC1. The maximum Gasteiger partial charge on any atom is 0.252 e. The van der Waals surface area contributed by atoms with Crippen molar-refractivity contribution in [3.05, 3.63) is 17.5 Å². The third kappa shape index (κ3) is 3.87. The summed E-state index contributed by atoms with van der Waals surface area (Å²) >= 11 is 1.24. The van der Waals surface area contributed by atoms with Crippen molar-refractivity contribution < 1.29 is 13.2 Å². The first-order chi connectivity index (χ1) is 10.5. The Morgan fingerprint density at radius 3 is 2.59 bits per heavy atom. The molecule has 0 radical (unpaired) electrons. The molecule has 0 spiro atoms. The van der Waals surface area contributed by atoms with E-state index in [1.165, 1.54) is 15.6 Å². The lowest BCUT2D eigenvalue weighted by atomic mass is 10.2.